The van der Waals surface area contributed by atoms with Crippen LogP contribution >= 0.6 is 27.5 Å². The summed E-state index contributed by atoms with van der Waals surface area (Å²) in [6, 6.07) is 4.67. The molecule has 7 heteroatoms. The highest BCUT2D eigenvalue weighted by molar-refractivity contribution is 9.10. The maximum absolute atomic E-state index is 13.7. The number of hydrazine groups is 1. The van der Waals surface area contributed by atoms with Crippen molar-refractivity contribution in [2.45, 2.75) is 19.4 Å². The van der Waals surface area contributed by atoms with Crippen molar-refractivity contribution in [3.8, 4) is 0 Å². The number of benzene rings is 1. The number of aryl methyl sites for hydroxylation is 1. The van der Waals surface area contributed by atoms with Gasteiger partial charge >= 0.3 is 0 Å². The molecular formula is C11H12BrFN4S. The van der Waals surface area contributed by atoms with Crippen molar-refractivity contribution in [1.82, 2.24) is 15.0 Å². The average Bonchev–Trinajstić information content (AvgIpc) is 2.77. The molecule has 0 aliphatic heterocycles. The van der Waals surface area contributed by atoms with E-state index in [1.54, 1.807) is 12.1 Å². The molecule has 0 aliphatic rings. The quantitative estimate of drug-likeness (QED) is 0.667. The molecule has 0 radical (unpaired) electrons. The minimum Gasteiger partial charge on any atom is -0.271 e. The third-order valence-corrected chi connectivity index (χ3v) is 4.07. The van der Waals surface area contributed by atoms with E-state index < -0.39 is 0 Å². The van der Waals surface area contributed by atoms with Crippen LogP contribution in [0.5, 0.6) is 0 Å². The molecular weight excluding hydrogens is 319 g/mol. The molecule has 0 fully saturated rings. The van der Waals surface area contributed by atoms with Crippen LogP contribution < -0.4 is 11.3 Å². The van der Waals surface area contributed by atoms with Gasteiger partial charge in [0.05, 0.1) is 16.6 Å². The first-order valence-corrected chi connectivity index (χ1v) is 6.87. The Balaban J connectivity index is 2.26. The fraction of sp³-hybridized carbons (Fsp3) is 0.273. The van der Waals surface area contributed by atoms with E-state index in [4.69, 9.17) is 5.84 Å². The maximum Gasteiger partial charge on any atom is 0.126 e. The summed E-state index contributed by atoms with van der Waals surface area (Å²) in [5, 5.41) is 3.94. The number of nitrogens with one attached hydrogen (secondary N) is 1. The van der Waals surface area contributed by atoms with Crippen LogP contribution in [-0.2, 0) is 6.42 Å². The van der Waals surface area contributed by atoms with Gasteiger partial charge in [-0.15, -0.1) is 5.10 Å². The predicted molar refractivity (Wildman–Crippen MR) is 72.5 cm³/mol. The number of nitrogens with two attached hydrogens (primary N) is 1. The second kappa shape index (κ2) is 5.83. The Morgan fingerprint density at radius 2 is 2.33 bits per heavy atom. The second-order valence-electron chi connectivity index (χ2n) is 3.88. The Hall–Kier alpha value is -0.890. The first-order valence-electron chi connectivity index (χ1n) is 5.30. The fourth-order valence-corrected chi connectivity index (χ4v) is 2.82. The topological polar surface area (TPSA) is 63.8 Å². The van der Waals surface area contributed by atoms with Gasteiger partial charge in [0.25, 0.3) is 0 Å². The van der Waals surface area contributed by atoms with Gasteiger partial charge in [0.2, 0.25) is 0 Å². The van der Waals surface area contributed by atoms with E-state index in [-0.39, 0.29) is 11.9 Å². The van der Waals surface area contributed by atoms with Gasteiger partial charge in [0, 0.05) is 4.47 Å². The van der Waals surface area contributed by atoms with E-state index in [1.165, 1.54) is 17.6 Å². The highest BCUT2D eigenvalue weighted by atomic mass is 79.9. The minimum absolute atomic E-state index is 0.186. The number of nitrogens with zero attached hydrogens (tertiary/aromatic N) is 2. The summed E-state index contributed by atoms with van der Waals surface area (Å²) in [4.78, 5) is 0.928. The lowest BCUT2D eigenvalue weighted by Crippen LogP contribution is -2.29. The zero-order valence-electron chi connectivity index (χ0n) is 9.65. The van der Waals surface area contributed by atoms with Crippen LogP contribution in [-0.4, -0.2) is 9.59 Å². The monoisotopic (exact) mass is 330 g/mol. The molecule has 0 saturated heterocycles. The summed E-state index contributed by atoms with van der Waals surface area (Å²) in [6.45, 7) is 1.86. The second-order valence-corrected chi connectivity index (χ2v) is 5.58. The molecule has 0 saturated carbocycles. The molecule has 1 atom stereocenters. The van der Waals surface area contributed by atoms with Crippen LogP contribution in [0.25, 0.3) is 0 Å². The molecule has 2 rings (SSSR count). The van der Waals surface area contributed by atoms with Crippen LogP contribution in [0.15, 0.2) is 22.7 Å². The molecule has 1 unspecified atom stereocenters. The Morgan fingerprint density at radius 1 is 1.56 bits per heavy atom. The van der Waals surface area contributed by atoms with Gasteiger partial charge < -0.3 is 0 Å². The van der Waals surface area contributed by atoms with Crippen LogP contribution in [0, 0.1) is 12.7 Å². The summed E-state index contributed by atoms with van der Waals surface area (Å²) in [5.41, 5.74) is 4.10. The van der Waals surface area contributed by atoms with Crippen molar-refractivity contribution in [3.63, 3.8) is 0 Å². The zero-order chi connectivity index (χ0) is 13.1. The molecule has 2 aromatic rings. The lowest BCUT2D eigenvalue weighted by Gasteiger charge is -2.15. The largest absolute Gasteiger partial charge is 0.271 e. The van der Waals surface area contributed by atoms with Crippen molar-refractivity contribution in [2.75, 3.05) is 0 Å². The summed E-state index contributed by atoms with van der Waals surface area (Å²) < 4.78 is 18.4. The lowest BCUT2D eigenvalue weighted by atomic mass is 10.0. The van der Waals surface area contributed by atoms with Gasteiger partial charge in [-0.25, -0.2) is 4.39 Å². The average molecular weight is 331 g/mol. The van der Waals surface area contributed by atoms with E-state index in [0.29, 0.717) is 12.0 Å². The van der Waals surface area contributed by atoms with Gasteiger partial charge in [0.15, 0.2) is 0 Å². The molecule has 4 nitrogen and oxygen atoms in total. The third kappa shape index (κ3) is 2.92. The van der Waals surface area contributed by atoms with Gasteiger partial charge in [-0.1, -0.05) is 20.4 Å². The predicted octanol–water partition coefficient (Wildman–Crippen LogP) is 2.50. The normalized spacial score (nSPS) is 12.7. The maximum atomic E-state index is 13.7. The van der Waals surface area contributed by atoms with E-state index >= 15 is 0 Å². The first-order chi connectivity index (χ1) is 8.61. The van der Waals surface area contributed by atoms with Crippen LogP contribution in [0.4, 0.5) is 4.39 Å². The summed E-state index contributed by atoms with van der Waals surface area (Å²) in [5.74, 6) is 5.29. The van der Waals surface area contributed by atoms with E-state index in [9.17, 15) is 4.39 Å². The van der Waals surface area contributed by atoms with E-state index in [1.807, 2.05) is 6.92 Å². The molecule has 0 bridgehead atoms. The van der Waals surface area contributed by atoms with Gasteiger partial charge in [-0.2, -0.15) is 0 Å². The van der Waals surface area contributed by atoms with Crippen molar-refractivity contribution >= 4 is 27.5 Å². The molecule has 1 heterocycles. The minimum atomic E-state index is -0.242. The zero-order valence-corrected chi connectivity index (χ0v) is 12.1. The number of halogens is 2. The molecule has 96 valence electrons. The van der Waals surface area contributed by atoms with Crippen LogP contribution in [0.3, 0.4) is 0 Å². The molecule has 1 aromatic heterocycles. The molecule has 0 spiro atoms. The van der Waals surface area contributed by atoms with Crippen molar-refractivity contribution in [2.24, 2.45) is 5.84 Å². The number of aromatic nitrogens is 2. The Bertz CT molecular complexity index is 546. The fourth-order valence-electron chi connectivity index (χ4n) is 1.70. The van der Waals surface area contributed by atoms with Crippen LogP contribution in [0.1, 0.15) is 22.2 Å². The Morgan fingerprint density at radius 3 is 2.94 bits per heavy atom. The summed E-state index contributed by atoms with van der Waals surface area (Å²) >= 11 is 4.60. The SMILES string of the molecule is Cc1nnsc1C(Cc1cc(Br)ccc1F)NN. The van der Waals surface area contributed by atoms with Gasteiger partial charge in [0.1, 0.15) is 5.82 Å². The van der Waals surface area contributed by atoms with E-state index in [0.717, 1.165) is 15.0 Å². The molecule has 1 aromatic carbocycles. The smallest absolute Gasteiger partial charge is 0.126 e. The number of hydrogen-bond donors (Lipinski definition) is 2. The summed E-state index contributed by atoms with van der Waals surface area (Å²) in [6.07, 6.45) is 0.451. The van der Waals surface area contributed by atoms with Crippen molar-refractivity contribution < 1.29 is 4.39 Å². The van der Waals surface area contributed by atoms with Crippen molar-refractivity contribution in [1.29, 1.82) is 0 Å². The first kappa shape index (κ1) is 13.5. The standard InChI is InChI=1S/C11H12BrFN4S/c1-6-11(18-17-16-6)10(15-14)5-7-4-8(12)2-3-9(7)13/h2-4,10,15H,5,14H2,1H3. The summed E-state index contributed by atoms with van der Waals surface area (Å²) in [7, 11) is 0. The molecule has 18 heavy (non-hydrogen) atoms. The molecule has 0 amide bonds. The van der Waals surface area contributed by atoms with E-state index in [2.05, 4.69) is 30.9 Å². The van der Waals surface area contributed by atoms with Gasteiger partial charge in [-0.3, -0.25) is 11.3 Å². The number of rotatable bonds is 4. The highest BCUT2D eigenvalue weighted by Gasteiger charge is 2.18. The molecule has 3 N–H and O–H groups in total. The van der Waals surface area contributed by atoms with Crippen molar-refractivity contribution in [3.05, 3.63) is 44.6 Å². The Labute approximate surface area is 117 Å². The number of hydrogen-bond acceptors (Lipinski definition) is 5. The molecule has 0 aliphatic carbocycles. The Kier molecular flexibility index (Phi) is 4.39. The highest BCUT2D eigenvalue weighted by Crippen LogP contribution is 2.25. The van der Waals surface area contributed by atoms with Gasteiger partial charge in [-0.05, 0) is 48.6 Å². The van der Waals surface area contributed by atoms with Crippen LogP contribution in [0.2, 0.25) is 0 Å². The lowest BCUT2D eigenvalue weighted by molar-refractivity contribution is 0.532. The third-order valence-electron chi connectivity index (χ3n) is 2.64.